The molecule has 0 saturated heterocycles. The van der Waals surface area contributed by atoms with Gasteiger partial charge < -0.3 is 15.0 Å². The summed E-state index contributed by atoms with van der Waals surface area (Å²) in [5.74, 6) is -2.12. The van der Waals surface area contributed by atoms with E-state index in [2.05, 4.69) is 5.32 Å². The molecule has 1 aliphatic heterocycles. The maximum Gasteiger partial charge on any atom is 0.416 e. The number of carbonyl (C=O) groups is 2. The number of halogens is 7. The number of fused-ring (bicyclic) bond motifs is 1. The number of carbonyl (C=O) groups excluding carboxylic acids is 2. The van der Waals surface area contributed by atoms with Crippen molar-refractivity contribution in [3.63, 3.8) is 0 Å². The lowest BCUT2D eigenvalue weighted by molar-refractivity contribution is -0.143. The van der Waals surface area contributed by atoms with E-state index in [9.17, 15) is 40.3 Å². The number of rotatable bonds is 4. The zero-order valence-electron chi connectivity index (χ0n) is 18.0. The average molecular weight is 512 g/mol. The monoisotopic (exact) mass is 512 g/mol. The van der Waals surface area contributed by atoms with Gasteiger partial charge in [0.1, 0.15) is 11.6 Å². The van der Waals surface area contributed by atoms with Crippen LogP contribution in [0.1, 0.15) is 27.0 Å². The smallest absolute Gasteiger partial charge is 0.416 e. The minimum atomic E-state index is -5.12. The molecular weight excluding hydrogens is 497 g/mol. The first-order valence-corrected chi connectivity index (χ1v) is 10.2. The van der Waals surface area contributed by atoms with Crippen LogP contribution in [0.4, 0.5) is 42.1 Å². The summed E-state index contributed by atoms with van der Waals surface area (Å²) in [5.41, 5.74) is -3.86. The Labute approximate surface area is 199 Å². The first-order chi connectivity index (χ1) is 16.8. The molecule has 0 spiro atoms. The van der Waals surface area contributed by atoms with Crippen molar-refractivity contribution in [3.05, 3.63) is 88.7 Å². The van der Waals surface area contributed by atoms with Gasteiger partial charge in [-0.05, 0) is 42.5 Å². The van der Waals surface area contributed by atoms with E-state index < -0.39 is 46.7 Å². The highest BCUT2D eigenvalue weighted by molar-refractivity contribution is 6.05. The van der Waals surface area contributed by atoms with E-state index in [1.54, 1.807) is 6.07 Å². The summed E-state index contributed by atoms with van der Waals surface area (Å²) >= 11 is 0. The van der Waals surface area contributed by atoms with E-state index in [0.717, 1.165) is 0 Å². The van der Waals surface area contributed by atoms with Gasteiger partial charge in [-0.2, -0.15) is 26.3 Å². The Bertz CT molecular complexity index is 1300. The summed E-state index contributed by atoms with van der Waals surface area (Å²) in [4.78, 5) is 26.3. The van der Waals surface area contributed by atoms with E-state index >= 15 is 0 Å². The number of nitrogens with zero attached hydrogens (tertiary/aromatic N) is 1. The van der Waals surface area contributed by atoms with Gasteiger partial charge in [0.05, 0.1) is 23.4 Å². The fourth-order valence-corrected chi connectivity index (χ4v) is 3.54. The summed E-state index contributed by atoms with van der Waals surface area (Å²) in [5, 5.41) is 2.24. The van der Waals surface area contributed by atoms with Crippen molar-refractivity contribution in [1.29, 1.82) is 0 Å². The van der Waals surface area contributed by atoms with Crippen molar-refractivity contribution >= 4 is 23.2 Å². The van der Waals surface area contributed by atoms with Gasteiger partial charge in [0.2, 0.25) is 0 Å². The molecule has 0 aromatic heterocycles. The van der Waals surface area contributed by atoms with E-state index in [1.807, 2.05) is 0 Å². The Morgan fingerprint density at radius 3 is 2.17 bits per heavy atom. The largest absolute Gasteiger partial charge is 0.482 e. The van der Waals surface area contributed by atoms with Crippen LogP contribution < -0.4 is 15.0 Å². The topological polar surface area (TPSA) is 58.6 Å². The molecule has 0 fully saturated rings. The van der Waals surface area contributed by atoms with Crippen LogP contribution in [-0.2, 0) is 23.7 Å². The average Bonchev–Trinajstić information content (AvgIpc) is 2.80. The third kappa shape index (κ3) is 5.26. The number of nitrogens with one attached hydrogen (secondary N) is 1. The van der Waals surface area contributed by atoms with Crippen LogP contribution in [0.15, 0.2) is 60.7 Å². The Kier molecular flexibility index (Phi) is 6.37. The van der Waals surface area contributed by atoms with E-state index in [1.165, 1.54) is 41.3 Å². The molecule has 1 heterocycles. The number of anilines is 2. The predicted molar refractivity (Wildman–Crippen MR) is 114 cm³/mol. The molecular formula is C24H15F7N2O3. The van der Waals surface area contributed by atoms with Crippen LogP contribution in [0, 0.1) is 5.82 Å². The van der Waals surface area contributed by atoms with E-state index in [0.29, 0.717) is 12.1 Å². The second-order valence-corrected chi connectivity index (χ2v) is 7.79. The van der Waals surface area contributed by atoms with E-state index in [4.69, 9.17) is 4.74 Å². The molecule has 12 heteroatoms. The number of ether oxygens (including phenoxy) is 1. The molecule has 188 valence electrons. The van der Waals surface area contributed by atoms with Crippen molar-refractivity contribution in [2.24, 2.45) is 0 Å². The highest BCUT2D eigenvalue weighted by Gasteiger charge is 2.37. The molecule has 0 aliphatic carbocycles. The second-order valence-electron chi connectivity index (χ2n) is 7.79. The second kappa shape index (κ2) is 9.17. The zero-order chi connectivity index (χ0) is 26.3. The van der Waals surface area contributed by atoms with Crippen molar-refractivity contribution in [2.45, 2.75) is 18.9 Å². The van der Waals surface area contributed by atoms with Gasteiger partial charge in [-0.3, -0.25) is 9.59 Å². The first kappa shape index (κ1) is 25.0. The summed E-state index contributed by atoms with van der Waals surface area (Å²) < 4.78 is 98.2. The molecule has 5 nitrogen and oxygen atoms in total. The molecule has 0 saturated carbocycles. The third-order valence-electron chi connectivity index (χ3n) is 5.30. The van der Waals surface area contributed by atoms with Gasteiger partial charge in [0.15, 0.2) is 6.61 Å². The highest BCUT2D eigenvalue weighted by Crippen LogP contribution is 2.38. The lowest BCUT2D eigenvalue weighted by Gasteiger charge is -2.30. The quantitative estimate of drug-likeness (QED) is 0.434. The van der Waals surface area contributed by atoms with Crippen molar-refractivity contribution in [1.82, 2.24) is 0 Å². The van der Waals surface area contributed by atoms with Crippen LogP contribution in [0.25, 0.3) is 0 Å². The van der Waals surface area contributed by atoms with Gasteiger partial charge in [0.25, 0.3) is 11.8 Å². The van der Waals surface area contributed by atoms with Gasteiger partial charge in [-0.25, -0.2) is 4.39 Å². The Hall–Kier alpha value is -4.09. The number of benzene rings is 3. The normalized spacial score (nSPS) is 13.8. The summed E-state index contributed by atoms with van der Waals surface area (Å²) in [6.45, 7) is -0.514. The molecule has 3 aromatic rings. The molecule has 1 aliphatic rings. The SMILES string of the molecule is O=C(Nc1ccc2c(c1)N(Cc1ccccc1F)C(=O)CO2)c1cc(C(F)(F)F)cc(C(F)(F)F)c1. The highest BCUT2D eigenvalue weighted by atomic mass is 19.4. The maximum absolute atomic E-state index is 14.1. The number of alkyl halides is 6. The Balaban J connectivity index is 1.65. The molecule has 0 bridgehead atoms. The molecule has 4 rings (SSSR count). The summed E-state index contributed by atoms with van der Waals surface area (Å²) in [6, 6.07) is 10.2. The van der Waals surface area contributed by atoms with Gasteiger partial charge >= 0.3 is 12.4 Å². The fourth-order valence-electron chi connectivity index (χ4n) is 3.54. The third-order valence-corrected chi connectivity index (χ3v) is 5.30. The Morgan fingerprint density at radius 2 is 1.56 bits per heavy atom. The molecule has 3 aromatic carbocycles. The number of amides is 2. The molecule has 1 N–H and O–H groups in total. The number of hydrogen-bond donors (Lipinski definition) is 1. The van der Waals surface area contributed by atoms with Crippen LogP contribution in [-0.4, -0.2) is 18.4 Å². The van der Waals surface area contributed by atoms with Gasteiger partial charge in [-0.15, -0.1) is 0 Å². The predicted octanol–water partition coefficient (Wildman–Crippen LogP) is 6.04. The van der Waals surface area contributed by atoms with Crippen LogP contribution in [0.5, 0.6) is 5.75 Å². The molecule has 0 unspecified atom stereocenters. The zero-order valence-corrected chi connectivity index (χ0v) is 18.0. The number of hydrogen-bond acceptors (Lipinski definition) is 3. The van der Waals surface area contributed by atoms with Crippen LogP contribution >= 0.6 is 0 Å². The van der Waals surface area contributed by atoms with E-state index in [-0.39, 0.29) is 41.9 Å². The molecule has 0 atom stereocenters. The fraction of sp³-hybridized carbons (Fsp3) is 0.167. The minimum absolute atomic E-state index is 0.0402. The van der Waals surface area contributed by atoms with Crippen LogP contribution in [0.2, 0.25) is 0 Å². The maximum atomic E-state index is 14.1. The molecule has 36 heavy (non-hydrogen) atoms. The van der Waals surface area contributed by atoms with Crippen molar-refractivity contribution in [3.8, 4) is 5.75 Å². The summed E-state index contributed by atoms with van der Waals surface area (Å²) in [7, 11) is 0. The Morgan fingerprint density at radius 1 is 0.917 bits per heavy atom. The minimum Gasteiger partial charge on any atom is -0.482 e. The molecule has 0 radical (unpaired) electrons. The lowest BCUT2D eigenvalue weighted by atomic mass is 10.0. The van der Waals surface area contributed by atoms with Crippen LogP contribution in [0.3, 0.4) is 0 Å². The van der Waals surface area contributed by atoms with Crippen molar-refractivity contribution < 1.29 is 45.1 Å². The first-order valence-electron chi connectivity index (χ1n) is 10.2. The van der Waals surface area contributed by atoms with Gasteiger partial charge in [-0.1, -0.05) is 18.2 Å². The lowest BCUT2D eigenvalue weighted by Crippen LogP contribution is -2.38. The van der Waals surface area contributed by atoms with Crippen molar-refractivity contribution in [2.75, 3.05) is 16.8 Å². The molecule has 2 amide bonds. The van der Waals surface area contributed by atoms with Gasteiger partial charge in [0, 0.05) is 16.8 Å². The standard InChI is InChI=1S/C24H15F7N2O3/c25-18-4-2-1-3-13(18)11-33-19-10-17(5-6-20(19)36-12-21(33)34)32-22(35)14-7-15(23(26,27)28)9-16(8-14)24(29,30)31/h1-10H,11-12H2,(H,32,35). The summed E-state index contributed by atoms with van der Waals surface area (Å²) in [6.07, 6.45) is -10.2.